The van der Waals surface area contributed by atoms with E-state index in [0.717, 1.165) is 16.3 Å². The SMILES string of the molecule is CC(C)CC(C(N)=O)C(=O)N1CCN(C(=O)Cc2ccc3cnccc3c2)CC(O)C1. The fraction of sp³-hybridized carbons (Fsp3) is 0.478. The van der Waals surface area contributed by atoms with E-state index in [-0.39, 0.29) is 43.8 Å². The van der Waals surface area contributed by atoms with Gasteiger partial charge in [-0.1, -0.05) is 32.0 Å². The van der Waals surface area contributed by atoms with Gasteiger partial charge in [-0.3, -0.25) is 19.4 Å². The first-order chi connectivity index (χ1) is 14.7. The predicted octanol–water partition coefficient (Wildman–Crippen LogP) is 0.957. The normalized spacial score (nSPS) is 18.1. The number of rotatable bonds is 6. The summed E-state index contributed by atoms with van der Waals surface area (Å²) in [5.74, 6) is -1.93. The summed E-state index contributed by atoms with van der Waals surface area (Å²) in [5.41, 5.74) is 6.33. The molecular weight excluding hydrogens is 396 g/mol. The maximum Gasteiger partial charge on any atom is 0.235 e. The Hall–Kier alpha value is -3.00. The summed E-state index contributed by atoms with van der Waals surface area (Å²) in [6.45, 7) is 4.62. The Morgan fingerprint density at radius 2 is 1.84 bits per heavy atom. The fourth-order valence-corrected chi connectivity index (χ4v) is 3.98. The van der Waals surface area contributed by atoms with Gasteiger partial charge in [0, 0.05) is 44.0 Å². The quantitative estimate of drug-likeness (QED) is 0.667. The smallest absolute Gasteiger partial charge is 0.235 e. The van der Waals surface area contributed by atoms with E-state index in [0.29, 0.717) is 13.0 Å². The highest BCUT2D eigenvalue weighted by atomic mass is 16.3. The summed E-state index contributed by atoms with van der Waals surface area (Å²) in [5, 5.41) is 12.4. The maximum atomic E-state index is 12.9. The molecule has 1 aromatic heterocycles. The monoisotopic (exact) mass is 426 g/mol. The maximum absolute atomic E-state index is 12.9. The summed E-state index contributed by atoms with van der Waals surface area (Å²) >= 11 is 0. The van der Waals surface area contributed by atoms with Crippen LogP contribution in [0.4, 0.5) is 0 Å². The van der Waals surface area contributed by atoms with Crippen molar-refractivity contribution < 1.29 is 19.5 Å². The van der Waals surface area contributed by atoms with Gasteiger partial charge in [-0.25, -0.2) is 0 Å². The van der Waals surface area contributed by atoms with E-state index in [1.165, 1.54) is 4.90 Å². The van der Waals surface area contributed by atoms with Gasteiger partial charge < -0.3 is 20.6 Å². The summed E-state index contributed by atoms with van der Waals surface area (Å²) in [4.78, 5) is 44.7. The Labute approximate surface area is 182 Å². The molecule has 3 amide bonds. The van der Waals surface area contributed by atoms with Gasteiger partial charge in [-0.2, -0.15) is 0 Å². The molecule has 0 aliphatic carbocycles. The van der Waals surface area contributed by atoms with Crippen molar-refractivity contribution in [1.82, 2.24) is 14.8 Å². The molecule has 166 valence electrons. The van der Waals surface area contributed by atoms with Gasteiger partial charge in [0.1, 0.15) is 5.92 Å². The zero-order valence-electron chi connectivity index (χ0n) is 18.0. The molecule has 8 heteroatoms. The molecule has 1 aromatic carbocycles. The third-order valence-electron chi connectivity index (χ3n) is 5.58. The molecule has 1 aliphatic heterocycles. The number of fused-ring (bicyclic) bond motifs is 1. The van der Waals surface area contributed by atoms with Crippen LogP contribution in [0.5, 0.6) is 0 Å². The predicted molar refractivity (Wildman–Crippen MR) is 117 cm³/mol. The van der Waals surface area contributed by atoms with Gasteiger partial charge in [0.2, 0.25) is 17.7 Å². The number of β-amino-alcohol motifs (C(OH)–C–C–N with tert-alkyl or cyclic N) is 1. The van der Waals surface area contributed by atoms with Crippen molar-refractivity contribution in [2.24, 2.45) is 17.6 Å². The van der Waals surface area contributed by atoms with Gasteiger partial charge >= 0.3 is 0 Å². The second-order valence-electron chi connectivity index (χ2n) is 8.60. The number of aromatic nitrogens is 1. The number of aliphatic hydroxyl groups excluding tert-OH is 1. The van der Waals surface area contributed by atoms with Crippen LogP contribution in [0.15, 0.2) is 36.7 Å². The molecule has 2 heterocycles. The van der Waals surface area contributed by atoms with Crippen LogP contribution in [0, 0.1) is 11.8 Å². The number of hydrogen-bond acceptors (Lipinski definition) is 5. The molecule has 1 fully saturated rings. The third kappa shape index (κ3) is 5.79. The van der Waals surface area contributed by atoms with Crippen LogP contribution in [0.2, 0.25) is 0 Å². The van der Waals surface area contributed by atoms with Crippen molar-refractivity contribution >= 4 is 28.5 Å². The Morgan fingerprint density at radius 3 is 2.55 bits per heavy atom. The molecule has 8 nitrogen and oxygen atoms in total. The molecule has 2 unspecified atom stereocenters. The number of aliphatic hydroxyl groups is 1. The number of carbonyl (C=O) groups excluding carboxylic acids is 3. The van der Waals surface area contributed by atoms with Crippen LogP contribution >= 0.6 is 0 Å². The van der Waals surface area contributed by atoms with Crippen molar-refractivity contribution in [3.8, 4) is 0 Å². The lowest BCUT2D eigenvalue weighted by Gasteiger charge is -2.26. The van der Waals surface area contributed by atoms with Crippen molar-refractivity contribution in [2.75, 3.05) is 26.2 Å². The van der Waals surface area contributed by atoms with E-state index < -0.39 is 17.9 Å². The molecule has 0 bridgehead atoms. The highest BCUT2D eigenvalue weighted by Crippen LogP contribution is 2.18. The summed E-state index contributed by atoms with van der Waals surface area (Å²) < 4.78 is 0. The lowest BCUT2D eigenvalue weighted by molar-refractivity contribution is -0.142. The summed E-state index contributed by atoms with van der Waals surface area (Å²) in [6.07, 6.45) is 3.17. The van der Waals surface area contributed by atoms with E-state index in [4.69, 9.17) is 5.73 Å². The van der Waals surface area contributed by atoms with Gasteiger partial charge in [-0.05, 0) is 29.4 Å². The molecule has 0 radical (unpaired) electrons. The van der Waals surface area contributed by atoms with E-state index in [2.05, 4.69) is 4.98 Å². The topological polar surface area (TPSA) is 117 Å². The number of carbonyl (C=O) groups is 3. The first-order valence-corrected chi connectivity index (χ1v) is 10.6. The molecule has 3 N–H and O–H groups in total. The van der Waals surface area contributed by atoms with Gasteiger partial charge in [0.15, 0.2) is 0 Å². The minimum atomic E-state index is -0.915. The molecular formula is C23H30N4O4. The molecule has 1 aliphatic rings. The van der Waals surface area contributed by atoms with E-state index in [1.807, 2.05) is 38.1 Å². The van der Waals surface area contributed by atoms with Crippen molar-refractivity contribution in [3.63, 3.8) is 0 Å². The van der Waals surface area contributed by atoms with Crippen LogP contribution < -0.4 is 5.73 Å². The Balaban J connectivity index is 1.66. The Morgan fingerprint density at radius 1 is 1.13 bits per heavy atom. The number of nitrogens with zero attached hydrogens (tertiary/aromatic N) is 3. The van der Waals surface area contributed by atoms with E-state index in [1.54, 1.807) is 17.3 Å². The number of pyridine rings is 1. The van der Waals surface area contributed by atoms with Crippen LogP contribution in [0.3, 0.4) is 0 Å². The molecule has 1 saturated heterocycles. The lowest BCUT2D eigenvalue weighted by atomic mass is 9.95. The average molecular weight is 427 g/mol. The first kappa shape index (κ1) is 22.7. The summed E-state index contributed by atoms with van der Waals surface area (Å²) in [7, 11) is 0. The van der Waals surface area contributed by atoms with Crippen molar-refractivity contribution in [3.05, 3.63) is 42.2 Å². The average Bonchev–Trinajstić information content (AvgIpc) is 2.93. The standard InChI is InChI=1S/C23H30N4O4/c1-15(2)9-20(22(24)30)23(31)27-8-7-26(13-19(28)14-27)21(29)11-16-3-4-18-12-25-6-5-17(18)10-16/h3-6,10,12,15,19-20,28H,7-9,11,13-14H2,1-2H3,(H2,24,30). The van der Waals surface area contributed by atoms with Crippen LogP contribution in [-0.4, -0.2) is 69.9 Å². The summed E-state index contributed by atoms with van der Waals surface area (Å²) in [6, 6.07) is 7.69. The number of nitrogens with two attached hydrogens (primary N) is 1. The minimum Gasteiger partial charge on any atom is -0.389 e. The Kier molecular flexibility index (Phi) is 7.22. The van der Waals surface area contributed by atoms with Crippen LogP contribution in [0.1, 0.15) is 25.8 Å². The van der Waals surface area contributed by atoms with Gasteiger partial charge in [-0.15, -0.1) is 0 Å². The first-order valence-electron chi connectivity index (χ1n) is 10.6. The molecule has 0 saturated carbocycles. The Bertz CT molecular complexity index is 961. The van der Waals surface area contributed by atoms with E-state index in [9.17, 15) is 19.5 Å². The molecule has 2 atom stereocenters. The van der Waals surface area contributed by atoms with Crippen molar-refractivity contribution in [1.29, 1.82) is 0 Å². The van der Waals surface area contributed by atoms with Crippen LogP contribution in [-0.2, 0) is 20.8 Å². The number of primary amides is 1. The molecule has 2 aromatic rings. The zero-order valence-corrected chi connectivity index (χ0v) is 18.0. The second kappa shape index (κ2) is 9.87. The molecule has 3 rings (SSSR count). The highest BCUT2D eigenvalue weighted by molar-refractivity contribution is 5.99. The zero-order chi connectivity index (χ0) is 22.5. The minimum absolute atomic E-state index is 0.0768. The molecule has 0 spiro atoms. The molecule has 31 heavy (non-hydrogen) atoms. The number of hydrogen-bond donors (Lipinski definition) is 2. The second-order valence-corrected chi connectivity index (χ2v) is 8.60. The third-order valence-corrected chi connectivity index (χ3v) is 5.58. The largest absolute Gasteiger partial charge is 0.389 e. The van der Waals surface area contributed by atoms with Gasteiger partial charge in [0.05, 0.1) is 12.5 Å². The fourth-order valence-electron chi connectivity index (χ4n) is 3.98. The number of benzene rings is 1. The van der Waals surface area contributed by atoms with E-state index >= 15 is 0 Å². The van der Waals surface area contributed by atoms with Gasteiger partial charge in [0.25, 0.3) is 0 Å². The lowest BCUT2D eigenvalue weighted by Crippen LogP contribution is -2.45. The highest BCUT2D eigenvalue weighted by Gasteiger charge is 2.33. The van der Waals surface area contributed by atoms with Crippen LogP contribution in [0.25, 0.3) is 10.8 Å². The number of amides is 3. The van der Waals surface area contributed by atoms with Crippen molar-refractivity contribution in [2.45, 2.75) is 32.8 Å².